The van der Waals surface area contributed by atoms with Crippen LogP contribution in [0.5, 0.6) is 5.75 Å². The monoisotopic (exact) mass is 338 g/mol. The van der Waals surface area contributed by atoms with Gasteiger partial charge in [0.2, 0.25) is 0 Å². The van der Waals surface area contributed by atoms with Crippen molar-refractivity contribution < 1.29 is 13.9 Å². The standard InChI is InChI=1S/C21H22O4/c1-13-19(22)16(11-14-7-3-2-4-8-14)20(25-21(13)23)18-12-15-9-5-6-10-17(15)24-18/h5-6,9-10,12,14,22H,2-4,7-8,11H2,1H3. The van der Waals surface area contributed by atoms with E-state index in [-0.39, 0.29) is 11.3 Å². The second kappa shape index (κ2) is 6.43. The van der Waals surface area contributed by atoms with Gasteiger partial charge in [0.1, 0.15) is 11.3 Å². The average Bonchev–Trinajstić information content (AvgIpc) is 3.07. The summed E-state index contributed by atoms with van der Waals surface area (Å²) in [6, 6.07) is 9.54. The first-order valence-electron chi connectivity index (χ1n) is 8.98. The number of furan rings is 1. The van der Waals surface area contributed by atoms with Crippen LogP contribution in [0, 0.1) is 12.8 Å². The van der Waals surface area contributed by atoms with Crippen LogP contribution in [0.3, 0.4) is 0 Å². The summed E-state index contributed by atoms with van der Waals surface area (Å²) in [4.78, 5) is 12.1. The molecule has 0 aliphatic heterocycles. The van der Waals surface area contributed by atoms with Crippen LogP contribution in [0.15, 0.2) is 44.0 Å². The molecule has 1 saturated carbocycles. The Morgan fingerprint density at radius 3 is 2.64 bits per heavy atom. The van der Waals surface area contributed by atoms with Crippen LogP contribution in [0.25, 0.3) is 22.5 Å². The van der Waals surface area contributed by atoms with Crippen molar-refractivity contribution in [3.05, 3.63) is 51.9 Å². The maximum absolute atomic E-state index is 12.1. The van der Waals surface area contributed by atoms with Gasteiger partial charge in [0.15, 0.2) is 11.5 Å². The van der Waals surface area contributed by atoms with Crippen molar-refractivity contribution in [3.63, 3.8) is 0 Å². The van der Waals surface area contributed by atoms with Crippen LogP contribution in [0.2, 0.25) is 0 Å². The molecule has 0 bridgehead atoms. The molecule has 0 radical (unpaired) electrons. The van der Waals surface area contributed by atoms with Gasteiger partial charge in [0.25, 0.3) is 0 Å². The minimum absolute atomic E-state index is 0.0530. The van der Waals surface area contributed by atoms with E-state index in [1.54, 1.807) is 6.92 Å². The molecule has 2 heterocycles. The topological polar surface area (TPSA) is 63.6 Å². The highest BCUT2D eigenvalue weighted by atomic mass is 16.4. The largest absolute Gasteiger partial charge is 0.507 e. The number of hydrogen-bond donors (Lipinski definition) is 1. The lowest BCUT2D eigenvalue weighted by atomic mass is 9.84. The number of rotatable bonds is 3. The van der Waals surface area contributed by atoms with Gasteiger partial charge in [-0.2, -0.15) is 0 Å². The molecule has 1 N–H and O–H groups in total. The summed E-state index contributed by atoms with van der Waals surface area (Å²) in [6.45, 7) is 1.61. The SMILES string of the molecule is Cc1c(O)c(CC2CCCCC2)c(-c2cc3ccccc3o2)oc1=O. The molecule has 0 spiro atoms. The molecule has 0 amide bonds. The van der Waals surface area contributed by atoms with Gasteiger partial charge >= 0.3 is 5.63 Å². The molecule has 4 rings (SSSR count). The fourth-order valence-corrected chi connectivity index (χ4v) is 3.82. The van der Waals surface area contributed by atoms with Crippen LogP contribution in [-0.2, 0) is 6.42 Å². The molecule has 130 valence electrons. The lowest BCUT2D eigenvalue weighted by molar-refractivity contribution is 0.345. The fraction of sp³-hybridized carbons (Fsp3) is 0.381. The first-order valence-corrected chi connectivity index (χ1v) is 8.98. The quantitative estimate of drug-likeness (QED) is 0.714. The van der Waals surface area contributed by atoms with Gasteiger partial charge in [-0.15, -0.1) is 0 Å². The van der Waals surface area contributed by atoms with Gasteiger partial charge in [0, 0.05) is 10.9 Å². The van der Waals surface area contributed by atoms with Crippen molar-refractivity contribution in [2.24, 2.45) is 5.92 Å². The molecule has 2 aromatic heterocycles. The molecule has 1 aliphatic rings. The van der Waals surface area contributed by atoms with Gasteiger partial charge in [-0.25, -0.2) is 4.79 Å². The first-order chi connectivity index (χ1) is 12.1. The normalized spacial score (nSPS) is 15.7. The van der Waals surface area contributed by atoms with Crippen molar-refractivity contribution in [3.8, 4) is 17.3 Å². The third kappa shape index (κ3) is 2.97. The van der Waals surface area contributed by atoms with E-state index in [9.17, 15) is 9.90 Å². The van der Waals surface area contributed by atoms with Crippen LogP contribution in [0.1, 0.15) is 43.2 Å². The molecular weight excluding hydrogens is 316 g/mol. The van der Waals surface area contributed by atoms with E-state index in [0.29, 0.717) is 29.4 Å². The number of benzene rings is 1. The second-order valence-electron chi connectivity index (χ2n) is 7.03. The first kappa shape index (κ1) is 16.0. The minimum atomic E-state index is -0.514. The molecule has 0 saturated heterocycles. The van der Waals surface area contributed by atoms with Crippen molar-refractivity contribution in [1.29, 1.82) is 0 Å². The Morgan fingerprint density at radius 2 is 1.88 bits per heavy atom. The summed E-state index contributed by atoms with van der Waals surface area (Å²) in [5.74, 6) is 1.43. The van der Waals surface area contributed by atoms with Crippen molar-refractivity contribution in [2.45, 2.75) is 45.4 Å². The van der Waals surface area contributed by atoms with Crippen LogP contribution in [-0.4, -0.2) is 5.11 Å². The molecule has 4 heteroatoms. The smallest absolute Gasteiger partial charge is 0.343 e. The molecule has 1 aliphatic carbocycles. The third-order valence-electron chi connectivity index (χ3n) is 5.28. The number of hydrogen-bond acceptors (Lipinski definition) is 4. The van der Waals surface area contributed by atoms with E-state index in [2.05, 4.69) is 0 Å². The van der Waals surface area contributed by atoms with E-state index in [4.69, 9.17) is 8.83 Å². The lowest BCUT2D eigenvalue weighted by Crippen LogP contribution is -2.13. The summed E-state index contributed by atoms with van der Waals surface area (Å²) >= 11 is 0. The van der Waals surface area contributed by atoms with E-state index in [0.717, 1.165) is 23.8 Å². The summed E-state index contributed by atoms with van der Waals surface area (Å²) < 4.78 is 11.5. The zero-order valence-corrected chi connectivity index (χ0v) is 14.4. The predicted molar refractivity (Wildman–Crippen MR) is 96.9 cm³/mol. The van der Waals surface area contributed by atoms with E-state index in [1.165, 1.54) is 19.3 Å². The zero-order chi connectivity index (χ0) is 17.4. The molecule has 3 aromatic rings. The highest BCUT2D eigenvalue weighted by Crippen LogP contribution is 2.37. The number of aromatic hydroxyl groups is 1. The molecular formula is C21H22O4. The van der Waals surface area contributed by atoms with Crippen molar-refractivity contribution >= 4 is 11.0 Å². The summed E-state index contributed by atoms with van der Waals surface area (Å²) in [6.07, 6.45) is 6.74. The molecule has 0 unspecified atom stereocenters. The summed E-state index contributed by atoms with van der Waals surface area (Å²) in [5, 5.41) is 11.6. The highest BCUT2D eigenvalue weighted by molar-refractivity contribution is 5.82. The second-order valence-corrected chi connectivity index (χ2v) is 7.03. The Kier molecular flexibility index (Phi) is 4.12. The average molecular weight is 338 g/mol. The summed E-state index contributed by atoms with van der Waals surface area (Å²) in [7, 11) is 0. The van der Waals surface area contributed by atoms with Gasteiger partial charge in [0.05, 0.1) is 5.56 Å². The molecule has 0 atom stereocenters. The Morgan fingerprint density at radius 1 is 1.12 bits per heavy atom. The van der Waals surface area contributed by atoms with Crippen LogP contribution in [0.4, 0.5) is 0 Å². The maximum atomic E-state index is 12.1. The Balaban J connectivity index is 1.83. The lowest BCUT2D eigenvalue weighted by Gasteiger charge is -2.22. The zero-order valence-electron chi connectivity index (χ0n) is 14.4. The Hall–Kier alpha value is -2.49. The van der Waals surface area contributed by atoms with Crippen molar-refractivity contribution in [1.82, 2.24) is 0 Å². The fourth-order valence-electron chi connectivity index (χ4n) is 3.82. The van der Waals surface area contributed by atoms with Gasteiger partial charge in [-0.3, -0.25) is 0 Å². The van der Waals surface area contributed by atoms with Gasteiger partial charge in [-0.05, 0) is 31.4 Å². The summed E-state index contributed by atoms with van der Waals surface area (Å²) in [5.41, 5.74) is 1.19. The van der Waals surface area contributed by atoms with Gasteiger partial charge < -0.3 is 13.9 Å². The molecule has 25 heavy (non-hydrogen) atoms. The predicted octanol–water partition coefficient (Wildman–Crippen LogP) is 5.19. The third-order valence-corrected chi connectivity index (χ3v) is 5.28. The van der Waals surface area contributed by atoms with Gasteiger partial charge in [-0.1, -0.05) is 50.3 Å². The molecule has 1 aromatic carbocycles. The molecule has 1 fully saturated rings. The highest BCUT2D eigenvalue weighted by Gasteiger charge is 2.24. The minimum Gasteiger partial charge on any atom is -0.507 e. The Labute approximate surface area is 146 Å². The van der Waals surface area contributed by atoms with Crippen molar-refractivity contribution in [2.75, 3.05) is 0 Å². The maximum Gasteiger partial charge on any atom is 0.343 e. The van der Waals surface area contributed by atoms with E-state index in [1.807, 2.05) is 30.3 Å². The van der Waals surface area contributed by atoms with E-state index < -0.39 is 5.63 Å². The molecule has 4 nitrogen and oxygen atoms in total. The van der Waals surface area contributed by atoms with E-state index >= 15 is 0 Å². The Bertz CT molecular complexity index is 925. The van der Waals surface area contributed by atoms with Crippen LogP contribution < -0.4 is 5.63 Å². The van der Waals surface area contributed by atoms with Crippen LogP contribution >= 0.6 is 0 Å². The number of fused-ring (bicyclic) bond motifs is 1. The number of para-hydroxylation sites is 1.